The lowest BCUT2D eigenvalue weighted by Gasteiger charge is -2.27. The van der Waals surface area contributed by atoms with Crippen LogP contribution in [0.25, 0.3) is 0 Å². The van der Waals surface area contributed by atoms with Crippen LogP contribution in [-0.4, -0.2) is 34.1 Å². The lowest BCUT2D eigenvalue weighted by atomic mass is 9.87. The molecule has 1 aromatic carbocycles. The smallest absolute Gasteiger partial charge is 0.311 e. The molecule has 0 spiro atoms. The lowest BCUT2D eigenvalue weighted by Crippen LogP contribution is -2.46. The van der Waals surface area contributed by atoms with Crippen LogP contribution in [-0.2, 0) is 32.3 Å². The minimum atomic E-state index is -0.285. The van der Waals surface area contributed by atoms with Crippen molar-refractivity contribution in [1.82, 2.24) is 10.6 Å². The van der Waals surface area contributed by atoms with E-state index in [4.69, 9.17) is 9.47 Å². The van der Waals surface area contributed by atoms with E-state index in [1.807, 2.05) is 52.0 Å². The third kappa shape index (κ3) is 5.70. The second-order valence-electron chi connectivity index (χ2n) is 12.0. The largest absolute Gasteiger partial charge is 0.461 e. The van der Waals surface area contributed by atoms with Crippen LogP contribution in [0.3, 0.4) is 0 Å². The summed E-state index contributed by atoms with van der Waals surface area (Å²) in [7, 11) is 0. The molecule has 0 bridgehead atoms. The molecule has 0 saturated carbocycles. The Hall–Kier alpha value is -1.92. The minimum absolute atomic E-state index is 0.0776. The van der Waals surface area contributed by atoms with E-state index in [0.29, 0.717) is 0 Å². The van der Waals surface area contributed by atoms with Crippen LogP contribution >= 0.6 is 0 Å². The average molecular weight is 445 g/mol. The molecule has 178 valence electrons. The van der Waals surface area contributed by atoms with Crippen LogP contribution in [0.5, 0.6) is 0 Å². The minimum Gasteiger partial charge on any atom is -0.461 e. The fourth-order valence-corrected chi connectivity index (χ4v) is 5.55. The molecular weight excluding hydrogens is 404 g/mol. The van der Waals surface area contributed by atoms with E-state index in [9.17, 15) is 9.59 Å². The summed E-state index contributed by atoms with van der Waals surface area (Å²) in [6.07, 6.45) is 1.52. The third-order valence-electron chi connectivity index (χ3n) is 6.85. The molecule has 2 aliphatic heterocycles. The highest BCUT2D eigenvalue weighted by Gasteiger charge is 2.49. The topological polar surface area (TPSA) is 76.7 Å². The van der Waals surface area contributed by atoms with Gasteiger partial charge < -0.3 is 20.1 Å². The Morgan fingerprint density at radius 1 is 0.719 bits per heavy atom. The normalized spacial score (nSPS) is 27.1. The molecule has 1 aromatic rings. The number of nitrogens with one attached hydrogen (secondary N) is 2. The number of esters is 2. The van der Waals surface area contributed by atoms with Crippen molar-refractivity contribution in [2.45, 2.75) is 104 Å². The van der Waals surface area contributed by atoms with Gasteiger partial charge in [-0.15, -0.1) is 0 Å². The quantitative estimate of drug-likeness (QED) is 0.643. The van der Waals surface area contributed by atoms with Crippen molar-refractivity contribution in [2.24, 2.45) is 11.8 Å². The molecule has 2 aliphatic rings. The highest BCUT2D eigenvalue weighted by atomic mass is 16.5. The first kappa shape index (κ1) is 24.7. The zero-order valence-electron chi connectivity index (χ0n) is 20.9. The van der Waals surface area contributed by atoms with Crippen LogP contribution in [0.4, 0.5) is 0 Å². The van der Waals surface area contributed by atoms with E-state index in [2.05, 4.69) is 38.3 Å². The first-order chi connectivity index (χ1) is 14.6. The molecular formula is C26H40N2O4. The molecule has 0 radical (unpaired) electrons. The number of rotatable bonds is 6. The molecule has 32 heavy (non-hydrogen) atoms. The second kappa shape index (κ2) is 8.45. The molecule has 2 heterocycles. The van der Waals surface area contributed by atoms with Crippen LogP contribution in [0, 0.1) is 11.8 Å². The summed E-state index contributed by atoms with van der Waals surface area (Å²) in [5, 5.41) is 7.03. The Morgan fingerprint density at radius 3 is 1.28 bits per heavy atom. The zero-order chi connectivity index (χ0) is 23.9. The van der Waals surface area contributed by atoms with Crippen molar-refractivity contribution >= 4 is 11.9 Å². The Labute approximate surface area is 192 Å². The summed E-state index contributed by atoms with van der Waals surface area (Å²) in [6.45, 7) is 17.1. The van der Waals surface area contributed by atoms with Gasteiger partial charge in [0.05, 0.1) is 11.8 Å². The van der Waals surface area contributed by atoms with Crippen LogP contribution in [0.2, 0.25) is 0 Å². The molecule has 3 rings (SSSR count). The van der Waals surface area contributed by atoms with Gasteiger partial charge >= 0.3 is 11.9 Å². The van der Waals surface area contributed by atoms with Crippen LogP contribution in [0.1, 0.15) is 79.4 Å². The van der Waals surface area contributed by atoms with Gasteiger partial charge in [-0.2, -0.15) is 0 Å². The molecule has 6 heteroatoms. The first-order valence-electron chi connectivity index (χ1n) is 11.6. The average Bonchev–Trinajstić information content (AvgIpc) is 3.03. The maximum Gasteiger partial charge on any atom is 0.311 e. The first-order valence-corrected chi connectivity index (χ1v) is 11.6. The maximum absolute atomic E-state index is 12.7. The third-order valence-corrected chi connectivity index (χ3v) is 6.85. The standard InChI is InChI=1S/C26H40N2O4/c1-23(2)13-19(25(5,6)27-23)21(29)31-15-17-9-11-18(12-10-17)16-32-22(30)20-14-24(3,4)28-26(20,7)8/h9-12,19-20,27-28H,13-16H2,1-8H3. The van der Waals surface area contributed by atoms with Crippen LogP contribution < -0.4 is 10.6 Å². The fraction of sp³-hybridized carbons (Fsp3) is 0.692. The predicted octanol–water partition coefficient (Wildman–Crippen LogP) is 4.11. The van der Waals surface area contributed by atoms with Crippen molar-refractivity contribution in [1.29, 1.82) is 0 Å². The Bertz CT molecular complexity index is 784. The van der Waals surface area contributed by atoms with E-state index < -0.39 is 0 Å². The molecule has 0 aliphatic carbocycles. The predicted molar refractivity (Wildman–Crippen MR) is 125 cm³/mol. The molecule has 2 unspecified atom stereocenters. The highest BCUT2D eigenvalue weighted by molar-refractivity contribution is 5.75. The number of hydrogen-bond donors (Lipinski definition) is 2. The van der Waals surface area contributed by atoms with Gasteiger partial charge in [-0.25, -0.2) is 0 Å². The van der Waals surface area contributed by atoms with E-state index in [1.165, 1.54) is 0 Å². The van der Waals surface area contributed by atoms with Gasteiger partial charge in [0.25, 0.3) is 0 Å². The Kier molecular flexibility index (Phi) is 6.53. The number of carbonyl (C=O) groups excluding carboxylic acids is 2. The SMILES string of the molecule is CC1(C)CC(C(=O)OCc2ccc(COC(=O)C3CC(C)(C)NC3(C)C)cc2)C(C)(C)N1. The second-order valence-corrected chi connectivity index (χ2v) is 12.0. The molecule has 2 atom stereocenters. The molecule has 6 nitrogen and oxygen atoms in total. The summed E-state index contributed by atoms with van der Waals surface area (Å²) >= 11 is 0. The monoisotopic (exact) mass is 444 g/mol. The van der Waals surface area contributed by atoms with Gasteiger partial charge in [0.15, 0.2) is 0 Å². The molecule has 0 aromatic heterocycles. The maximum atomic E-state index is 12.7. The van der Waals surface area contributed by atoms with Gasteiger partial charge in [-0.1, -0.05) is 24.3 Å². The van der Waals surface area contributed by atoms with Crippen molar-refractivity contribution in [3.8, 4) is 0 Å². The van der Waals surface area contributed by atoms with Crippen molar-refractivity contribution in [2.75, 3.05) is 0 Å². The van der Waals surface area contributed by atoms with Crippen molar-refractivity contribution < 1.29 is 19.1 Å². The lowest BCUT2D eigenvalue weighted by molar-refractivity contribution is -0.152. The fourth-order valence-electron chi connectivity index (χ4n) is 5.55. The molecule has 0 amide bonds. The summed E-state index contributed by atoms with van der Waals surface area (Å²) in [5.74, 6) is -0.672. The number of carbonyl (C=O) groups is 2. The zero-order valence-corrected chi connectivity index (χ0v) is 20.9. The number of benzene rings is 1. The summed E-state index contributed by atoms with van der Waals surface area (Å²) in [4.78, 5) is 25.3. The van der Waals surface area contributed by atoms with E-state index in [0.717, 1.165) is 24.0 Å². The Balaban J connectivity index is 1.49. The van der Waals surface area contributed by atoms with Gasteiger partial charge in [-0.05, 0) is 79.4 Å². The van der Waals surface area contributed by atoms with E-state index >= 15 is 0 Å². The summed E-state index contributed by atoms with van der Waals surface area (Å²) in [6, 6.07) is 7.68. The number of ether oxygens (including phenoxy) is 2. The van der Waals surface area contributed by atoms with E-state index in [-0.39, 0.29) is 59.1 Å². The highest BCUT2D eigenvalue weighted by Crippen LogP contribution is 2.37. The Morgan fingerprint density at radius 2 is 1.03 bits per heavy atom. The van der Waals surface area contributed by atoms with Crippen molar-refractivity contribution in [3.63, 3.8) is 0 Å². The molecule has 2 saturated heterocycles. The van der Waals surface area contributed by atoms with Crippen LogP contribution in [0.15, 0.2) is 24.3 Å². The van der Waals surface area contributed by atoms with Gasteiger partial charge in [-0.3, -0.25) is 9.59 Å². The van der Waals surface area contributed by atoms with Gasteiger partial charge in [0.2, 0.25) is 0 Å². The van der Waals surface area contributed by atoms with Crippen molar-refractivity contribution in [3.05, 3.63) is 35.4 Å². The summed E-state index contributed by atoms with van der Waals surface area (Å²) < 4.78 is 11.2. The molecule has 2 fully saturated rings. The van der Waals surface area contributed by atoms with Gasteiger partial charge in [0, 0.05) is 22.2 Å². The number of hydrogen-bond acceptors (Lipinski definition) is 6. The van der Waals surface area contributed by atoms with Gasteiger partial charge in [0.1, 0.15) is 13.2 Å². The molecule has 2 N–H and O–H groups in total. The summed E-state index contributed by atoms with van der Waals surface area (Å²) in [5.41, 5.74) is 1.11. The van der Waals surface area contributed by atoms with E-state index in [1.54, 1.807) is 0 Å².